The number of amides is 1. The van der Waals surface area contributed by atoms with Gasteiger partial charge < -0.3 is 10.2 Å². The van der Waals surface area contributed by atoms with Crippen molar-refractivity contribution < 1.29 is 4.79 Å². The molecule has 0 radical (unpaired) electrons. The Morgan fingerprint density at radius 2 is 1.90 bits per heavy atom. The molecule has 162 valence electrons. The zero-order valence-electron chi connectivity index (χ0n) is 17.9. The van der Waals surface area contributed by atoms with E-state index < -0.39 is 0 Å². The standard InChI is InChI=1S/C23H28N6OS/c1-16-18(15-28-11-13-29(14-12-28)22(30)17-5-2-3-6-17)7-4-8-19(16)26-23-27-20-21(31-23)25-10-9-24-20/h4,7-10,17H,2-3,5-6,11-15H2,1H3,(H,24,26,27). The lowest BCUT2D eigenvalue weighted by molar-refractivity contribution is -0.137. The van der Waals surface area contributed by atoms with Gasteiger partial charge in [0.1, 0.15) is 0 Å². The Morgan fingerprint density at radius 3 is 2.68 bits per heavy atom. The minimum absolute atomic E-state index is 0.282. The fourth-order valence-corrected chi connectivity index (χ4v) is 5.41. The average molecular weight is 437 g/mol. The summed E-state index contributed by atoms with van der Waals surface area (Å²) < 4.78 is 0. The van der Waals surface area contributed by atoms with Gasteiger partial charge in [-0.1, -0.05) is 36.3 Å². The predicted octanol–water partition coefficient (Wildman–Crippen LogP) is 3.97. The van der Waals surface area contributed by atoms with E-state index in [2.05, 4.69) is 55.2 Å². The topological polar surface area (TPSA) is 74.2 Å². The minimum Gasteiger partial charge on any atom is -0.340 e. The molecule has 3 aromatic rings. The first-order chi connectivity index (χ1) is 15.2. The van der Waals surface area contributed by atoms with Crippen LogP contribution in [0, 0.1) is 12.8 Å². The molecule has 5 rings (SSSR count). The summed E-state index contributed by atoms with van der Waals surface area (Å²) in [7, 11) is 0. The van der Waals surface area contributed by atoms with Gasteiger partial charge >= 0.3 is 0 Å². The zero-order chi connectivity index (χ0) is 21.2. The molecule has 2 fully saturated rings. The third-order valence-corrected chi connectivity index (χ3v) is 7.39. The van der Waals surface area contributed by atoms with Gasteiger partial charge in [-0.15, -0.1) is 0 Å². The van der Waals surface area contributed by atoms with Gasteiger partial charge in [-0.3, -0.25) is 9.69 Å². The van der Waals surface area contributed by atoms with Crippen molar-refractivity contribution in [1.29, 1.82) is 0 Å². The van der Waals surface area contributed by atoms with Crippen molar-refractivity contribution in [3.63, 3.8) is 0 Å². The van der Waals surface area contributed by atoms with Gasteiger partial charge in [-0.2, -0.15) is 4.98 Å². The quantitative estimate of drug-likeness (QED) is 0.652. The molecule has 0 spiro atoms. The number of rotatable bonds is 5. The van der Waals surface area contributed by atoms with E-state index in [1.165, 1.54) is 35.3 Å². The number of nitrogens with zero attached hydrogens (tertiary/aromatic N) is 5. The minimum atomic E-state index is 0.282. The molecule has 1 amide bonds. The van der Waals surface area contributed by atoms with E-state index in [1.807, 2.05) is 0 Å². The van der Waals surface area contributed by atoms with Crippen LogP contribution in [0.1, 0.15) is 36.8 Å². The fraction of sp³-hybridized carbons (Fsp3) is 0.478. The highest BCUT2D eigenvalue weighted by atomic mass is 32.1. The van der Waals surface area contributed by atoms with Crippen LogP contribution in [0.4, 0.5) is 10.8 Å². The summed E-state index contributed by atoms with van der Waals surface area (Å²) in [5, 5.41) is 4.25. The molecular formula is C23H28N6OS. The summed E-state index contributed by atoms with van der Waals surface area (Å²) in [4.78, 5) is 31.2. The van der Waals surface area contributed by atoms with Gasteiger partial charge in [-0.05, 0) is 37.0 Å². The summed E-state index contributed by atoms with van der Waals surface area (Å²) in [5.41, 5.74) is 4.27. The van der Waals surface area contributed by atoms with Crippen LogP contribution >= 0.6 is 11.3 Å². The molecular weight excluding hydrogens is 408 g/mol. The van der Waals surface area contributed by atoms with Gasteiger partial charge in [0.2, 0.25) is 5.91 Å². The van der Waals surface area contributed by atoms with Crippen molar-refractivity contribution in [2.45, 2.75) is 39.2 Å². The highest BCUT2D eigenvalue weighted by Gasteiger charge is 2.29. The Labute approximate surface area is 186 Å². The first kappa shape index (κ1) is 20.3. The second-order valence-corrected chi connectivity index (χ2v) is 9.48. The summed E-state index contributed by atoms with van der Waals surface area (Å²) in [5.74, 6) is 0.670. The number of benzene rings is 1. The molecule has 2 aliphatic rings. The van der Waals surface area contributed by atoms with E-state index in [1.54, 1.807) is 12.4 Å². The van der Waals surface area contributed by atoms with Crippen LogP contribution in [0.2, 0.25) is 0 Å². The summed E-state index contributed by atoms with van der Waals surface area (Å²) in [6.45, 7) is 6.61. The van der Waals surface area contributed by atoms with Crippen LogP contribution in [0.15, 0.2) is 30.6 Å². The van der Waals surface area contributed by atoms with E-state index in [9.17, 15) is 4.79 Å². The van der Waals surface area contributed by atoms with Crippen LogP contribution in [-0.2, 0) is 11.3 Å². The number of aromatic nitrogens is 3. The number of anilines is 2. The Kier molecular flexibility index (Phi) is 5.82. The Balaban J connectivity index is 1.22. The Morgan fingerprint density at radius 1 is 1.13 bits per heavy atom. The second-order valence-electron chi connectivity index (χ2n) is 8.50. The van der Waals surface area contributed by atoms with Crippen molar-refractivity contribution in [1.82, 2.24) is 24.8 Å². The largest absolute Gasteiger partial charge is 0.340 e. The molecule has 1 N–H and O–H groups in total. The van der Waals surface area contributed by atoms with E-state index in [4.69, 9.17) is 0 Å². The number of fused-ring (bicyclic) bond motifs is 1. The summed E-state index contributed by atoms with van der Waals surface area (Å²) >= 11 is 1.51. The molecule has 1 saturated carbocycles. The van der Waals surface area contributed by atoms with E-state index >= 15 is 0 Å². The molecule has 1 aliphatic carbocycles. The SMILES string of the molecule is Cc1c(CN2CCN(C(=O)C3CCCC3)CC2)cccc1Nc1nc2nccnc2s1. The first-order valence-corrected chi connectivity index (χ1v) is 11.9. The maximum Gasteiger partial charge on any atom is 0.225 e. The Hall–Kier alpha value is -2.58. The Bertz CT molecular complexity index is 1040. The lowest BCUT2D eigenvalue weighted by Gasteiger charge is -2.36. The second kappa shape index (κ2) is 8.88. The molecule has 0 bridgehead atoms. The van der Waals surface area contributed by atoms with E-state index in [-0.39, 0.29) is 5.92 Å². The third-order valence-electron chi connectivity index (χ3n) is 6.52. The fourth-order valence-electron chi connectivity index (χ4n) is 4.63. The molecule has 8 heteroatoms. The molecule has 7 nitrogen and oxygen atoms in total. The van der Waals surface area contributed by atoms with Crippen LogP contribution in [0.25, 0.3) is 10.5 Å². The maximum absolute atomic E-state index is 12.7. The number of carbonyl (C=O) groups excluding carboxylic acids is 1. The van der Waals surface area contributed by atoms with Crippen LogP contribution in [-0.4, -0.2) is 56.8 Å². The number of nitrogens with one attached hydrogen (secondary N) is 1. The van der Waals surface area contributed by atoms with Crippen molar-refractivity contribution in [3.05, 3.63) is 41.7 Å². The molecule has 3 heterocycles. The van der Waals surface area contributed by atoms with Crippen LogP contribution < -0.4 is 5.32 Å². The third kappa shape index (κ3) is 4.41. The smallest absolute Gasteiger partial charge is 0.225 e. The van der Waals surface area contributed by atoms with Gasteiger partial charge in [0.25, 0.3) is 0 Å². The molecule has 1 aromatic carbocycles. The zero-order valence-corrected chi connectivity index (χ0v) is 18.7. The number of hydrogen-bond acceptors (Lipinski definition) is 7. The normalized spacial score (nSPS) is 18.0. The van der Waals surface area contributed by atoms with Gasteiger partial charge in [0, 0.05) is 56.7 Å². The number of carbonyl (C=O) groups is 1. The van der Waals surface area contributed by atoms with Crippen molar-refractivity contribution >= 4 is 38.5 Å². The number of hydrogen-bond donors (Lipinski definition) is 1. The van der Waals surface area contributed by atoms with Crippen molar-refractivity contribution in [2.24, 2.45) is 5.92 Å². The lowest BCUT2D eigenvalue weighted by Crippen LogP contribution is -2.49. The highest BCUT2D eigenvalue weighted by molar-refractivity contribution is 7.21. The average Bonchev–Trinajstić information content (AvgIpc) is 3.46. The van der Waals surface area contributed by atoms with E-state index in [0.717, 1.165) is 61.2 Å². The number of piperazine rings is 1. The van der Waals surface area contributed by atoms with Crippen LogP contribution in [0.5, 0.6) is 0 Å². The van der Waals surface area contributed by atoms with Gasteiger partial charge in [0.15, 0.2) is 15.6 Å². The van der Waals surface area contributed by atoms with Crippen molar-refractivity contribution in [2.75, 3.05) is 31.5 Å². The summed E-state index contributed by atoms with van der Waals surface area (Å²) in [6.07, 6.45) is 7.95. The molecule has 0 unspecified atom stereocenters. The summed E-state index contributed by atoms with van der Waals surface area (Å²) in [6, 6.07) is 6.37. The van der Waals surface area contributed by atoms with E-state index in [0.29, 0.717) is 11.6 Å². The van der Waals surface area contributed by atoms with Crippen LogP contribution in [0.3, 0.4) is 0 Å². The number of thiazole rings is 1. The monoisotopic (exact) mass is 436 g/mol. The highest BCUT2D eigenvalue weighted by Crippen LogP contribution is 2.29. The lowest BCUT2D eigenvalue weighted by atomic mass is 10.0. The molecule has 31 heavy (non-hydrogen) atoms. The molecule has 0 atom stereocenters. The molecule has 1 aliphatic heterocycles. The van der Waals surface area contributed by atoms with Gasteiger partial charge in [0.05, 0.1) is 0 Å². The maximum atomic E-state index is 12.7. The molecule has 1 saturated heterocycles. The molecule has 2 aromatic heterocycles. The van der Waals surface area contributed by atoms with Gasteiger partial charge in [-0.25, -0.2) is 9.97 Å². The van der Waals surface area contributed by atoms with Crippen molar-refractivity contribution in [3.8, 4) is 0 Å². The first-order valence-electron chi connectivity index (χ1n) is 11.1. The predicted molar refractivity (Wildman–Crippen MR) is 123 cm³/mol.